The minimum atomic E-state index is -0.359. The average Bonchev–Trinajstić information content (AvgIpc) is 3.13. The number of hydrogen-bond donors (Lipinski definition) is 2. The number of nitrogens with zero attached hydrogens (tertiary/aromatic N) is 1. The van der Waals surface area contributed by atoms with Crippen molar-refractivity contribution in [2.45, 2.75) is 18.8 Å². The lowest BCUT2D eigenvalue weighted by atomic mass is 10.0. The van der Waals surface area contributed by atoms with Gasteiger partial charge in [0.25, 0.3) is 11.8 Å². The van der Waals surface area contributed by atoms with Gasteiger partial charge in [-0.3, -0.25) is 9.59 Å². The van der Waals surface area contributed by atoms with Gasteiger partial charge in [0.15, 0.2) is 18.2 Å². The van der Waals surface area contributed by atoms with Crippen LogP contribution in [-0.4, -0.2) is 36.6 Å². The first-order valence-corrected chi connectivity index (χ1v) is 8.10. The van der Waals surface area contributed by atoms with Crippen molar-refractivity contribution < 1.29 is 23.5 Å². The van der Waals surface area contributed by atoms with E-state index >= 15 is 0 Å². The molecule has 0 saturated carbocycles. The number of anilines is 2. The molecule has 0 atom stereocenters. The number of benzene rings is 1. The highest BCUT2D eigenvalue weighted by Gasteiger charge is 2.23. The number of carbonyl (C=O) groups is 2. The third-order valence-corrected chi connectivity index (χ3v) is 4.20. The fourth-order valence-corrected chi connectivity index (χ4v) is 2.87. The van der Waals surface area contributed by atoms with Crippen LogP contribution in [0.3, 0.4) is 0 Å². The van der Waals surface area contributed by atoms with Gasteiger partial charge in [0.2, 0.25) is 0 Å². The van der Waals surface area contributed by atoms with Gasteiger partial charge in [-0.2, -0.15) is 0 Å². The maximum Gasteiger partial charge on any atom is 0.277 e. The summed E-state index contributed by atoms with van der Waals surface area (Å²) in [5.74, 6) is 0.718. The smallest absolute Gasteiger partial charge is 0.277 e. The Labute approximate surface area is 143 Å². The van der Waals surface area contributed by atoms with Crippen LogP contribution in [-0.2, 0) is 9.53 Å². The van der Waals surface area contributed by atoms with Gasteiger partial charge in [0.1, 0.15) is 12.0 Å². The number of fused-ring (bicyclic) bond motifs is 1. The molecule has 1 saturated heterocycles. The summed E-state index contributed by atoms with van der Waals surface area (Å²) in [6, 6.07) is 5.02. The zero-order valence-corrected chi connectivity index (χ0v) is 13.4. The molecule has 2 aliphatic rings. The van der Waals surface area contributed by atoms with Gasteiger partial charge in [0.05, 0.1) is 5.69 Å². The van der Waals surface area contributed by atoms with E-state index < -0.39 is 0 Å². The van der Waals surface area contributed by atoms with Crippen LogP contribution in [0.2, 0.25) is 0 Å². The van der Waals surface area contributed by atoms with E-state index in [0.29, 0.717) is 36.2 Å². The molecule has 2 aliphatic heterocycles. The second-order valence-corrected chi connectivity index (χ2v) is 5.96. The summed E-state index contributed by atoms with van der Waals surface area (Å²) in [7, 11) is 0. The normalized spacial score (nSPS) is 17.4. The van der Waals surface area contributed by atoms with Crippen molar-refractivity contribution in [2.75, 3.05) is 30.5 Å². The summed E-state index contributed by atoms with van der Waals surface area (Å²) in [4.78, 5) is 27.9. The largest absolute Gasteiger partial charge is 0.482 e. The van der Waals surface area contributed by atoms with E-state index in [4.69, 9.17) is 13.9 Å². The van der Waals surface area contributed by atoms with Crippen LogP contribution in [0.5, 0.6) is 5.75 Å². The van der Waals surface area contributed by atoms with Crippen LogP contribution in [0.1, 0.15) is 35.1 Å². The van der Waals surface area contributed by atoms with Gasteiger partial charge in [0, 0.05) is 30.9 Å². The molecule has 2 N–H and O–H groups in total. The Hall–Kier alpha value is -2.87. The van der Waals surface area contributed by atoms with Gasteiger partial charge < -0.3 is 24.5 Å². The molecule has 0 bridgehead atoms. The third kappa shape index (κ3) is 3.34. The highest BCUT2D eigenvalue weighted by molar-refractivity contribution is 6.03. The zero-order valence-electron chi connectivity index (χ0n) is 13.4. The van der Waals surface area contributed by atoms with Gasteiger partial charge in [-0.1, -0.05) is 0 Å². The molecule has 3 heterocycles. The van der Waals surface area contributed by atoms with E-state index in [9.17, 15) is 9.59 Å². The average molecular weight is 343 g/mol. The summed E-state index contributed by atoms with van der Waals surface area (Å²) < 4.78 is 16.1. The number of rotatable bonds is 3. The molecule has 1 aromatic heterocycles. The standard InChI is InChI=1S/C17H17N3O5/c21-15-9-24-14-7-11(1-2-12(14)19-15)18-16(22)13-8-25-17(20-13)10-3-5-23-6-4-10/h1-2,7-8,10H,3-6,9H2,(H,18,22)(H,19,21). The number of carbonyl (C=O) groups excluding carboxylic acids is 2. The predicted molar refractivity (Wildman–Crippen MR) is 87.8 cm³/mol. The molecule has 1 aromatic carbocycles. The molecule has 1 fully saturated rings. The predicted octanol–water partition coefficient (Wildman–Crippen LogP) is 2.15. The van der Waals surface area contributed by atoms with Gasteiger partial charge in [-0.05, 0) is 25.0 Å². The maximum atomic E-state index is 12.4. The van der Waals surface area contributed by atoms with E-state index in [1.807, 2.05) is 0 Å². The molecule has 8 heteroatoms. The summed E-state index contributed by atoms with van der Waals surface area (Å²) in [6.07, 6.45) is 3.06. The molecule has 130 valence electrons. The Bertz CT molecular complexity index is 810. The van der Waals surface area contributed by atoms with Crippen molar-refractivity contribution >= 4 is 23.2 Å². The van der Waals surface area contributed by atoms with Crippen LogP contribution < -0.4 is 15.4 Å². The molecule has 0 unspecified atom stereocenters. The minimum absolute atomic E-state index is 0.0395. The van der Waals surface area contributed by atoms with Crippen LogP contribution in [0.4, 0.5) is 11.4 Å². The van der Waals surface area contributed by atoms with E-state index in [1.54, 1.807) is 18.2 Å². The molecule has 0 aliphatic carbocycles. The quantitative estimate of drug-likeness (QED) is 0.885. The Balaban J connectivity index is 1.45. The van der Waals surface area contributed by atoms with E-state index in [0.717, 1.165) is 12.8 Å². The van der Waals surface area contributed by atoms with E-state index in [1.165, 1.54) is 6.26 Å². The second kappa shape index (κ2) is 6.56. The Morgan fingerprint density at radius 3 is 2.96 bits per heavy atom. The summed E-state index contributed by atoms with van der Waals surface area (Å²) in [5, 5.41) is 5.45. The van der Waals surface area contributed by atoms with Crippen molar-refractivity contribution in [3.8, 4) is 5.75 Å². The molecule has 25 heavy (non-hydrogen) atoms. The fraction of sp³-hybridized carbons (Fsp3) is 0.353. The number of amides is 2. The SMILES string of the molecule is O=C1COc2cc(NC(=O)c3coc(C4CCOCC4)n3)ccc2N1. The Morgan fingerprint density at radius 1 is 1.28 bits per heavy atom. The molecule has 4 rings (SSSR count). The Morgan fingerprint density at radius 2 is 2.12 bits per heavy atom. The second-order valence-electron chi connectivity index (χ2n) is 5.96. The number of hydrogen-bond acceptors (Lipinski definition) is 6. The number of aromatic nitrogens is 1. The topological polar surface area (TPSA) is 103 Å². The highest BCUT2D eigenvalue weighted by atomic mass is 16.5. The first kappa shape index (κ1) is 15.6. The number of nitrogens with one attached hydrogen (secondary N) is 2. The van der Waals surface area contributed by atoms with Crippen molar-refractivity contribution in [1.29, 1.82) is 0 Å². The molecular formula is C17H17N3O5. The number of ether oxygens (including phenoxy) is 2. The summed E-state index contributed by atoms with van der Waals surface area (Å²) in [6.45, 7) is 1.32. The lowest BCUT2D eigenvalue weighted by Crippen LogP contribution is -2.25. The first-order valence-electron chi connectivity index (χ1n) is 8.10. The molecular weight excluding hydrogens is 326 g/mol. The molecule has 0 spiro atoms. The Kier molecular flexibility index (Phi) is 4.10. The van der Waals surface area contributed by atoms with Crippen molar-refractivity contribution in [1.82, 2.24) is 4.98 Å². The van der Waals surface area contributed by atoms with Gasteiger partial charge in [-0.25, -0.2) is 4.98 Å². The monoisotopic (exact) mass is 343 g/mol. The van der Waals surface area contributed by atoms with Crippen LogP contribution in [0.25, 0.3) is 0 Å². The number of oxazole rings is 1. The van der Waals surface area contributed by atoms with Crippen molar-refractivity contribution in [3.05, 3.63) is 36.0 Å². The molecule has 8 nitrogen and oxygen atoms in total. The summed E-state index contributed by atoms with van der Waals surface area (Å²) in [5.41, 5.74) is 1.36. The molecule has 0 radical (unpaired) electrons. The van der Waals surface area contributed by atoms with Gasteiger partial charge >= 0.3 is 0 Å². The lowest BCUT2D eigenvalue weighted by molar-refractivity contribution is -0.118. The minimum Gasteiger partial charge on any atom is -0.482 e. The molecule has 2 amide bonds. The first-order chi connectivity index (χ1) is 12.2. The zero-order chi connectivity index (χ0) is 17.2. The highest BCUT2D eigenvalue weighted by Crippen LogP contribution is 2.31. The summed E-state index contributed by atoms with van der Waals surface area (Å²) >= 11 is 0. The lowest BCUT2D eigenvalue weighted by Gasteiger charge is -2.18. The maximum absolute atomic E-state index is 12.4. The fourth-order valence-electron chi connectivity index (χ4n) is 2.87. The third-order valence-electron chi connectivity index (χ3n) is 4.20. The van der Waals surface area contributed by atoms with Crippen LogP contribution in [0.15, 0.2) is 28.9 Å². The van der Waals surface area contributed by atoms with Crippen molar-refractivity contribution in [3.63, 3.8) is 0 Å². The van der Waals surface area contributed by atoms with E-state index in [-0.39, 0.29) is 30.0 Å². The van der Waals surface area contributed by atoms with Crippen LogP contribution in [0, 0.1) is 0 Å². The van der Waals surface area contributed by atoms with Gasteiger partial charge in [-0.15, -0.1) is 0 Å². The van der Waals surface area contributed by atoms with E-state index in [2.05, 4.69) is 15.6 Å². The van der Waals surface area contributed by atoms with Crippen molar-refractivity contribution in [2.24, 2.45) is 0 Å². The molecule has 2 aromatic rings. The van der Waals surface area contributed by atoms with Crippen LogP contribution >= 0.6 is 0 Å².